The zero-order valence-corrected chi connectivity index (χ0v) is 8.98. The Balaban J connectivity index is 0.000000810. The van der Waals surface area contributed by atoms with Gasteiger partial charge in [0.1, 0.15) is 0 Å². The van der Waals surface area contributed by atoms with E-state index in [2.05, 4.69) is 32.0 Å². The fourth-order valence-corrected chi connectivity index (χ4v) is 0.785. The Kier molecular flexibility index (Phi) is 4.61. The van der Waals surface area contributed by atoms with E-state index in [1.807, 2.05) is 12.1 Å². The molecule has 0 aliphatic rings. The quantitative estimate of drug-likeness (QED) is 0.700. The summed E-state index contributed by atoms with van der Waals surface area (Å²) in [5.74, 6) is 0.639. The molecule has 55 valence electrons. The van der Waals surface area contributed by atoms with Gasteiger partial charge in [-0.2, -0.15) is 35.9 Å². The van der Waals surface area contributed by atoms with Crippen LogP contribution in [0, 0.1) is 6.07 Å². The van der Waals surface area contributed by atoms with E-state index in [4.69, 9.17) is 0 Å². The SMILES string of the molecule is CC(C)c1cc[c-]cc1.[Re]. The first-order valence-electron chi connectivity index (χ1n) is 3.26. The molecule has 1 heteroatoms. The summed E-state index contributed by atoms with van der Waals surface area (Å²) < 4.78 is 0. The predicted octanol–water partition coefficient (Wildman–Crippen LogP) is 2.61. The summed E-state index contributed by atoms with van der Waals surface area (Å²) in [6.07, 6.45) is 0. The largest absolute Gasteiger partial charge is 0.184 e. The Bertz CT molecular complexity index is 167. The van der Waals surface area contributed by atoms with Crippen molar-refractivity contribution >= 4 is 0 Å². The van der Waals surface area contributed by atoms with E-state index in [0.717, 1.165) is 0 Å². The fraction of sp³-hybridized carbons (Fsp3) is 0.333. The van der Waals surface area contributed by atoms with Gasteiger partial charge in [-0.1, -0.05) is 13.8 Å². The first kappa shape index (κ1) is 9.88. The first-order chi connectivity index (χ1) is 4.30. The van der Waals surface area contributed by atoms with Crippen LogP contribution in [0.25, 0.3) is 0 Å². The monoisotopic (exact) mass is 306 g/mol. The van der Waals surface area contributed by atoms with Gasteiger partial charge in [0.15, 0.2) is 0 Å². The number of rotatable bonds is 1. The van der Waals surface area contributed by atoms with Crippen LogP contribution in [-0.2, 0) is 20.4 Å². The molecule has 10 heavy (non-hydrogen) atoms. The number of hydrogen-bond donors (Lipinski definition) is 0. The van der Waals surface area contributed by atoms with Crippen molar-refractivity contribution in [1.82, 2.24) is 0 Å². The predicted molar refractivity (Wildman–Crippen MR) is 39.4 cm³/mol. The second-order valence-electron chi connectivity index (χ2n) is 2.49. The third-order valence-electron chi connectivity index (χ3n) is 1.41. The van der Waals surface area contributed by atoms with Crippen molar-refractivity contribution in [1.29, 1.82) is 0 Å². The van der Waals surface area contributed by atoms with Gasteiger partial charge in [0.05, 0.1) is 0 Å². The minimum Gasteiger partial charge on any atom is -0.184 e. The summed E-state index contributed by atoms with van der Waals surface area (Å²) >= 11 is 0. The van der Waals surface area contributed by atoms with Crippen LogP contribution >= 0.6 is 0 Å². The van der Waals surface area contributed by atoms with Crippen molar-refractivity contribution in [3.05, 3.63) is 35.9 Å². The van der Waals surface area contributed by atoms with Crippen molar-refractivity contribution in [2.24, 2.45) is 0 Å². The summed E-state index contributed by atoms with van der Waals surface area (Å²) in [4.78, 5) is 0. The van der Waals surface area contributed by atoms with Crippen LogP contribution in [0.5, 0.6) is 0 Å². The molecule has 0 N–H and O–H groups in total. The van der Waals surface area contributed by atoms with Gasteiger partial charge in [0, 0.05) is 20.4 Å². The van der Waals surface area contributed by atoms with E-state index in [1.54, 1.807) is 0 Å². The average molecular weight is 305 g/mol. The molecule has 0 saturated carbocycles. The van der Waals surface area contributed by atoms with Gasteiger partial charge < -0.3 is 0 Å². The van der Waals surface area contributed by atoms with Crippen molar-refractivity contribution in [2.45, 2.75) is 19.8 Å². The molecular weight excluding hydrogens is 294 g/mol. The zero-order chi connectivity index (χ0) is 6.69. The molecule has 0 spiro atoms. The van der Waals surface area contributed by atoms with Crippen LogP contribution < -0.4 is 0 Å². The number of benzene rings is 1. The van der Waals surface area contributed by atoms with Crippen molar-refractivity contribution < 1.29 is 20.4 Å². The smallest absolute Gasteiger partial charge is 0 e. The third-order valence-corrected chi connectivity index (χ3v) is 1.41. The van der Waals surface area contributed by atoms with E-state index in [9.17, 15) is 0 Å². The summed E-state index contributed by atoms with van der Waals surface area (Å²) in [6, 6.07) is 11.1. The Morgan fingerprint density at radius 2 is 1.70 bits per heavy atom. The van der Waals surface area contributed by atoms with E-state index >= 15 is 0 Å². The third kappa shape index (κ3) is 2.64. The fourth-order valence-electron chi connectivity index (χ4n) is 0.785. The number of hydrogen-bond acceptors (Lipinski definition) is 0. The van der Waals surface area contributed by atoms with E-state index < -0.39 is 0 Å². The maximum atomic E-state index is 2.99. The van der Waals surface area contributed by atoms with Crippen molar-refractivity contribution in [3.63, 3.8) is 0 Å². The summed E-state index contributed by atoms with van der Waals surface area (Å²) in [6.45, 7) is 4.38. The normalized spacial score (nSPS) is 9.10. The van der Waals surface area contributed by atoms with Gasteiger partial charge in [-0.15, -0.1) is 0 Å². The Labute approximate surface area is 76.3 Å². The zero-order valence-electron chi connectivity index (χ0n) is 6.26. The van der Waals surface area contributed by atoms with Crippen LogP contribution in [0.3, 0.4) is 0 Å². The molecule has 0 aromatic heterocycles. The molecule has 0 aliphatic heterocycles. The second kappa shape index (κ2) is 4.66. The minimum absolute atomic E-state index is 0. The van der Waals surface area contributed by atoms with Crippen LogP contribution in [0.1, 0.15) is 25.3 Å². The molecule has 0 aliphatic carbocycles. The molecule has 0 nitrogen and oxygen atoms in total. The average Bonchev–Trinajstić information content (AvgIpc) is 1.90. The Hall–Kier alpha value is -0.118. The summed E-state index contributed by atoms with van der Waals surface area (Å²) in [5, 5.41) is 0. The second-order valence-corrected chi connectivity index (χ2v) is 2.49. The minimum atomic E-state index is 0. The van der Waals surface area contributed by atoms with Crippen molar-refractivity contribution in [2.75, 3.05) is 0 Å². The van der Waals surface area contributed by atoms with Gasteiger partial charge in [0.25, 0.3) is 0 Å². The van der Waals surface area contributed by atoms with Gasteiger partial charge in [-0.25, -0.2) is 0 Å². The summed E-state index contributed by atoms with van der Waals surface area (Å²) in [7, 11) is 0. The molecule has 1 radical (unpaired) electrons. The molecule has 0 bridgehead atoms. The van der Waals surface area contributed by atoms with E-state index in [1.165, 1.54) is 5.56 Å². The molecule has 0 unspecified atom stereocenters. The molecule has 1 aromatic rings. The van der Waals surface area contributed by atoms with Gasteiger partial charge >= 0.3 is 0 Å². The van der Waals surface area contributed by atoms with Crippen LogP contribution in [0.4, 0.5) is 0 Å². The van der Waals surface area contributed by atoms with Gasteiger partial charge in [-0.3, -0.25) is 0 Å². The van der Waals surface area contributed by atoms with Crippen LogP contribution in [0.2, 0.25) is 0 Å². The Morgan fingerprint density at radius 3 is 2.00 bits per heavy atom. The topological polar surface area (TPSA) is 0 Å². The first-order valence-corrected chi connectivity index (χ1v) is 3.26. The Morgan fingerprint density at radius 1 is 1.20 bits per heavy atom. The van der Waals surface area contributed by atoms with E-state index in [-0.39, 0.29) is 20.4 Å². The maximum Gasteiger partial charge on any atom is 0 e. The molecule has 0 amide bonds. The van der Waals surface area contributed by atoms with Gasteiger partial charge in [0.2, 0.25) is 0 Å². The molecule has 0 fully saturated rings. The molecule has 0 heterocycles. The molecular formula is C9H11Re-. The van der Waals surface area contributed by atoms with Crippen LogP contribution in [0.15, 0.2) is 24.3 Å². The van der Waals surface area contributed by atoms with Gasteiger partial charge in [-0.05, 0) is 5.92 Å². The van der Waals surface area contributed by atoms with Crippen LogP contribution in [-0.4, -0.2) is 0 Å². The standard InChI is InChI=1S/C9H11.Re/c1-8(2)9-6-4-3-5-7-9;/h4-8H,1-2H3;/q-1;. The summed E-state index contributed by atoms with van der Waals surface area (Å²) in [5.41, 5.74) is 1.38. The molecule has 0 atom stereocenters. The van der Waals surface area contributed by atoms with Crippen molar-refractivity contribution in [3.8, 4) is 0 Å². The maximum absolute atomic E-state index is 2.99. The molecule has 1 rings (SSSR count). The van der Waals surface area contributed by atoms with E-state index in [0.29, 0.717) is 5.92 Å². The molecule has 1 aromatic carbocycles. The molecule has 0 saturated heterocycles.